The van der Waals surface area contributed by atoms with E-state index in [1.54, 1.807) is 0 Å². The smallest absolute Gasteiger partial charge is 0.326 e. The highest BCUT2D eigenvalue weighted by Gasteiger charge is 2.29. The Kier molecular flexibility index (Phi) is 5.08. The van der Waals surface area contributed by atoms with Gasteiger partial charge in [0, 0.05) is 12.0 Å². The summed E-state index contributed by atoms with van der Waals surface area (Å²) in [6.07, 6.45) is 0.655. The molecule has 0 spiro atoms. The zero-order chi connectivity index (χ0) is 13.7. The van der Waals surface area contributed by atoms with Gasteiger partial charge in [0.15, 0.2) is 0 Å². The van der Waals surface area contributed by atoms with Gasteiger partial charge in [-0.05, 0) is 26.3 Å². The van der Waals surface area contributed by atoms with Crippen molar-refractivity contribution >= 4 is 17.8 Å². The highest BCUT2D eigenvalue weighted by Crippen LogP contribution is 2.16. The first kappa shape index (κ1) is 14.4. The molecule has 1 aliphatic rings. The van der Waals surface area contributed by atoms with E-state index in [4.69, 9.17) is 10.2 Å². The van der Waals surface area contributed by atoms with Crippen LogP contribution in [0.1, 0.15) is 26.2 Å². The van der Waals surface area contributed by atoms with E-state index in [0.29, 0.717) is 19.4 Å². The van der Waals surface area contributed by atoms with E-state index in [1.165, 1.54) is 0 Å². The van der Waals surface area contributed by atoms with Crippen LogP contribution in [-0.4, -0.2) is 46.7 Å². The molecule has 1 saturated heterocycles. The van der Waals surface area contributed by atoms with Gasteiger partial charge in [0.2, 0.25) is 5.91 Å². The van der Waals surface area contributed by atoms with E-state index in [9.17, 15) is 14.4 Å². The number of piperidine rings is 1. The Morgan fingerprint density at radius 2 is 2.06 bits per heavy atom. The van der Waals surface area contributed by atoms with Gasteiger partial charge >= 0.3 is 11.9 Å². The summed E-state index contributed by atoms with van der Waals surface area (Å²) in [6, 6.07) is -1.16. The van der Waals surface area contributed by atoms with Crippen molar-refractivity contribution < 1.29 is 24.6 Å². The van der Waals surface area contributed by atoms with Crippen molar-refractivity contribution in [3.8, 4) is 0 Å². The van der Waals surface area contributed by atoms with Gasteiger partial charge in [0.05, 0.1) is 6.42 Å². The van der Waals surface area contributed by atoms with Crippen LogP contribution in [0.2, 0.25) is 0 Å². The summed E-state index contributed by atoms with van der Waals surface area (Å²) in [5.41, 5.74) is 0. The maximum absolute atomic E-state index is 11.8. The quantitative estimate of drug-likeness (QED) is 0.524. The average molecular weight is 258 g/mol. The van der Waals surface area contributed by atoms with Gasteiger partial charge in [-0.3, -0.25) is 9.59 Å². The van der Waals surface area contributed by atoms with Crippen LogP contribution in [0.15, 0.2) is 0 Å². The largest absolute Gasteiger partial charge is 0.481 e. The van der Waals surface area contributed by atoms with Crippen molar-refractivity contribution in [2.45, 2.75) is 38.3 Å². The van der Waals surface area contributed by atoms with Crippen molar-refractivity contribution in [2.24, 2.45) is 5.92 Å². The number of carboxylic acids is 2. The average Bonchev–Trinajstić information content (AvgIpc) is 2.27. The summed E-state index contributed by atoms with van der Waals surface area (Å²) in [5.74, 6) is -3.21. The number of hydrogen-bond donors (Lipinski definition) is 4. The maximum Gasteiger partial charge on any atom is 0.326 e. The molecule has 7 nitrogen and oxygen atoms in total. The van der Waals surface area contributed by atoms with Crippen molar-refractivity contribution in [2.75, 3.05) is 6.54 Å². The Morgan fingerprint density at radius 1 is 1.39 bits per heavy atom. The van der Waals surface area contributed by atoms with Gasteiger partial charge in [-0.2, -0.15) is 0 Å². The zero-order valence-electron chi connectivity index (χ0n) is 10.2. The van der Waals surface area contributed by atoms with E-state index in [-0.39, 0.29) is 17.9 Å². The fourth-order valence-corrected chi connectivity index (χ4v) is 2.03. The van der Waals surface area contributed by atoms with Crippen molar-refractivity contribution in [3.63, 3.8) is 0 Å². The number of amides is 1. The standard InChI is InChI=1S/C11H18N2O5/c1-6-4-7(2-3-12-6)10(16)13-8(11(17)18)5-9(14)15/h6-8,12H,2-5H2,1H3,(H,13,16)(H,14,15)(H,17,18). The third-order valence-electron chi connectivity index (χ3n) is 2.99. The molecule has 0 bridgehead atoms. The number of carboxylic acid groups (broad SMARTS) is 2. The first-order chi connectivity index (χ1) is 8.40. The molecule has 0 radical (unpaired) electrons. The van der Waals surface area contributed by atoms with E-state index in [1.807, 2.05) is 6.92 Å². The first-order valence-corrected chi connectivity index (χ1v) is 5.88. The first-order valence-electron chi connectivity index (χ1n) is 5.88. The Labute approximate surface area is 105 Å². The maximum atomic E-state index is 11.8. The molecular weight excluding hydrogens is 240 g/mol. The minimum atomic E-state index is -1.36. The number of nitrogens with one attached hydrogen (secondary N) is 2. The van der Waals surface area contributed by atoms with Gasteiger partial charge < -0.3 is 20.8 Å². The molecule has 0 saturated carbocycles. The Hall–Kier alpha value is -1.63. The second-order valence-corrected chi connectivity index (χ2v) is 4.57. The Balaban J connectivity index is 2.54. The molecule has 1 rings (SSSR count). The Bertz CT molecular complexity index is 344. The molecule has 4 N–H and O–H groups in total. The van der Waals surface area contributed by atoms with Crippen LogP contribution in [0.5, 0.6) is 0 Å². The van der Waals surface area contributed by atoms with E-state index in [0.717, 1.165) is 0 Å². The second-order valence-electron chi connectivity index (χ2n) is 4.57. The summed E-state index contributed by atoms with van der Waals surface area (Å²) in [6.45, 7) is 2.65. The molecule has 102 valence electrons. The molecule has 1 aliphatic heterocycles. The van der Waals surface area contributed by atoms with Crippen LogP contribution < -0.4 is 10.6 Å². The number of aliphatic carboxylic acids is 2. The van der Waals surface area contributed by atoms with Gasteiger partial charge in [-0.1, -0.05) is 0 Å². The number of rotatable bonds is 5. The lowest BCUT2D eigenvalue weighted by molar-refractivity contribution is -0.147. The highest BCUT2D eigenvalue weighted by atomic mass is 16.4. The van der Waals surface area contributed by atoms with E-state index in [2.05, 4.69) is 10.6 Å². The number of carbonyl (C=O) groups excluding carboxylic acids is 1. The molecule has 3 atom stereocenters. The molecular formula is C11H18N2O5. The number of hydrogen-bond acceptors (Lipinski definition) is 4. The Morgan fingerprint density at radius 3 is 2.56 bits per heavy atom. The molecule has 3 unspecified atom stereocenters. The fourth-order valence-electron chi connectivity index (χ4n) is 2.03. The van der Waals surface area contributed by atoms with E-state index >= 15 is 0 Å². The van der Waals surface area contributed by atoms with Gasteiger partial charge in [0.25, 0.3) is 0 Å². The minimum Gasteiger partial charge on any atom is -0.481 e. The summed E-state index contributed by atoms with van der Waals surface area (Å²) >= 11 is 0. The SMILES string of the molecule is CC1CC(C(=O)NC(CC(=O)O)C(=O)O)CCN1. The molecule has 18 heavy (non-hydrogen) atoms. The van der Waals surface area contributed by atoms with E-state index < -0.39 is 24.4 Å². The van der Waals surface area contributed by atoms with Crippen LogP contribution in [0.3, 0.4) is 0 Å². The van der Waals surface area contributed by atoms with Crippen molar-refractivity contribution in [1.82, 2.24) is 10.6 Å². The second kappa shape index (κ2) is 6.34. The normalized spacial score (nSPS) is 25.2. The fraction of sp³-hybridized carbons (Fsp3) is 0.727. The molecule has 0 aromatic carbocycles. The summed E-state index contributed by atoms with van der Waals surface area (Å²) < 4.78 is 0. The molecule has 7 heteroatoms. The monoisotopic (exact) mass is 258 g/mol. The van der Waals surface area contributed by atoms with Crippen molar-refractivity contribution in [1.29, 1.82) is 0 Å². The van der Waals surface area contributed by atoms with Crippen LogP contribution in [-0.2, 0) is 14.4 Å². The van der Waals surface area contributed by atoms with Crippen LogP contribution >= 0.6 is 0 Å². The van der Waals surface area contributed by atoms with Crippen LogP contribution in [0.4, 0.5) is 0 Å². The lowest BCUT2D eigenvalue weighted by Gasteiger charge is -2.28. The third kappa shape index (κ3) is 4.33. The van der Waals surface area contributed by atoms with Gasteiger partial charge in [-0.25, -0.2) is 4.79 Å². The number of carbonyl (C=O) groups is 3. The third-order valence-corrected chi connectivity index (χ3v) is 2.99. The van der Waals surface area contributed by atoms with Gasteiger partial charge in [0.1, 0.15) is 6.04 Å². The topological polar surface area (TPSA) is 116 Å². The van der Waals surface area contributed by atoms with Crippen LogP contribution in [0, 0.1) is 5.92 Å². The molecule has 1 fully saturated rings. The predicted octanol–water partition coefficient (Wildman–Crippen LogP) is -0.581. The summed E-state index contributed by atoms with van der Waals surface area (Å²) in [7, 11) is 0. The highest BCUT2D eigenvalue weighted by molar-refractivity contribution is 5.87. The molecule has 1 heterocycles. The molecule has 1 amide bonds. The van der Waals surface area contributed by atoms with Gasteiger partial charge in [-0.15, -0.1) is 0 Å². The summed E-state index contributed by atoms with van der Waals surface area (Å²) in [5, 5.41) is 22.9. The summed E-state index contributed by atoms with van der Waals surface area (Å²) in [4.78, 5) is 33.2. The zero-order valence-corrected chi connectivity index (χ0v) is 10.2. The molecule has 0 aromatic rings. The molecule has 0 aliphatic carbocycles. The lowest BCUT2D eigenvalue weighted by atomic mass is 9.92. The predicted molar refractivity (Wildman–Crippen MR) is 62.0 cm³/mol. The minimum absolute atomic E-state index is 0.206. The van der Waals surface area contributed by atoms with Crippen LogP contribution in [0.25, 0.3) is 0 Å². The van der Waals surface area contributed by atoms with Crippen molar-refractivity contribution in [3.05, 3.63) is 0 Å². The lowest BCUT2D eigenvalue weighted by Crippen LogP contribution is -2.48. The molecule has 0 aromatic heterocycles.